The largest absolute Gasteiger partial charge is 0.494 e. The summed E-state index contributed by atoms with van der Waals surface area (Å²) < 4.78 is 6.76. The molecule has 0 saturated heterocycles. The van der Waals surface area contributed by atoms with Gasteiger partial charge in [0, 0.05) is 12.6 Å². The standard InChI is InChI=1S/C24H26N6O4S/c1-3-29(19(31)14-35-23-26-17-11-10-16(34-4-2)12-18(17)27-23)20-21(25)30(24(33)28-22(20)32)13-15-8-6-5-7-9-15/h5-12H,3-4,13-14,25H2,1-2H3,(H,26,27)(H,28,32,33). The van der Waals surface area contributed by atoms with Gasteiger partial charge in [-0.15, -0.1) is 0 Å². The van der Waals surface area contributed by atoms with Gasteiger partial charge in [-0.2, -0.15) is 0 Å². The number of fused-ring (bicyclic) bond motifs is 1. The molecule has 0 saturated carbocycles. The van der Waals surface area contributed by atoms with Crippen molar-refractivity contribution in [2.24, 2.45) is 0 Å². The van der Waals surface area contributed by atoms with E-state index in [9.17, 15) is 14.4 Å². The second-order valence-electron chi connectivity index (χ2n) is 7.65. The zero-order valence-corrected chi connectivity index (χ0v) is 20.2. The maximum atomic E-state index is 13.1. The Kier molecular flexibility index (Phi) is 7.25. The number of thioether (sulfide) groups is 1. The lowest BCUT2D eigenvalue weighted by Crippen LogP contribution is -2.41. The minimum atomic E-state index is -0.704. The number of carbonyl (C=O) groups is 1. The summed E-state index contributed by atoms with van der Waals surface area (Å²) in [5.41, 5.74) is 7.26. The quantitative estimate of drug-likeness (QED) is 0.304. The molecule has 4 aromatic rings. The van der Waals surface area contributed by atoms with Crippen molar-refractivity contribution in [1.29, 1.82) is 0 Å². The van der Waals surface area contributed by atoms with Crippen LogP contribution >= 0.6 is 11.8 Å². The Morgan fingerprint density at radius 1 is 1.14 bits per heavy atom. The van der Waals surface area contributed by atoms with Gasteiger partial charge in [0.1, 0.15) is 11.6 Å². The van der Waals surface area contributed by atoms with E-state index in [4.69, 9.17) is 10.5 Å². The van der Waals surface area contributed by atoms with Crippen molar-refractivity contribution in [3.63, 3.8) is 0 Å². The number of nitrogens with one attached hydrogen (secondary N) is 2. The van der Waals surface area contributed by atoms with Gasteiger partial charge in [-0.25, -0.2) is 9.78 Å². The number of carbonyl (C=O) groups excluding carboxylic acids is 1. The van der Waals surface area contributed by atoms with Crippen LogP contribution in [0.2, 0.25) is 0 Å². The van der Waals surface area contributed by atoms with Crippen molar-refractivity contribution >= 4 is 40.2 Å². The molecule has 0 aliphatic heterocycles. The summed E-state index contributed by atoms with van der Waals surface area (Å²) in [6.45, 7) is 4.58. The van der Waals surface area contributed by atoms with Gasteiger partial charge in [0.05, 0.1) is 29.9 Å². The number of benzene rings is 2. The molecule has 0 aliphatic carbocycles. The molecule has 0 aliphatic rings. The highest BCUT2D eigenvalue weighted by atomic mass is 32.2. The molecule has 0 unspecified atom stereocenters. The van der Waals surface area contributed by atoms with E-state index in [0.717, 1.165) is 22.3 Å². The molecule has 182 valence electrons. The van der Waals surface area contributed by atoms with Crippen molar-refractivity contribution in [1.82, 2.24) is 19.5 Å². The fraction of sp³-hybridized carbons (Fsp3) is 0.250. The first-order valence-electron chi connectivity index (χ1n) is 11.1. The molecule has 0 bridgehead atoms. The Morgan fingerprint density at radius 3 is 2.63 bits per heavy atom. The highest BCUT2D eigenvalue weighted by Gasteiger charge is 2.23. The van der Waals surface area contributed by atoms with Gasteiger partial charge in [-0.05, 0) is 31.5 Å². The highest BCUT2D eigenvalue weighted by molar-refractivity contribution is 7.99. The van der Waals surface area contributed by atoms with Crippen LogP contribution in [0.4, 0.5) is 11.5 Å². The Balaban J connectivity index is 1.56. The minimum Gasteiger partial charge on any atom is -0.494 e. The number of nitrogens with two attached hydrogens (primary N) is 1. The zero-order valence-electron chi connectivity index (χ0n) is 19.4. The maximum absolute atomic E-state index is 13.1. The van der Waals surface area contributed by atoms with Crippen molar-refractivity contribution < 1.29 is 9.53 Å². The normalized spacial score (nSPS) is 11.0. The van der Waals surface area contributed by atoms with E-state index >= 15 is 0 Å². The van der Waals surface area contributed by atoms with Crippen LogP contribution in [0.3, 0.4) is 0 Å². The average Bonchev–Trinajstić information content (AvgIpc) is 3.26. The van der Waals surface area contributed by atoms with Crippen molar-refractivity contribution in [3.05, 3.63) is 74.9 Å². The third kappa shape index (κ3) is 5.24. The summed E-state index contributed by atoms with van der Waals surface area (Å²) >= 11 is 1.21. The Morgan fingerprint density at radius 2 is 1.91 bits per heavy atom. The predicted octanol–water partition coefficient (Wildman–Crippen LogP) is 2.59. The highest BCUT2D eigenvalue weighted by Crippen LogP contribution is 2.25. The lowest BCUT2D eigenvalue weighted by Gasteiger charge is -2.23. The second-order valence-corrected chi connectivity index (χ2v) is 8.61. The molecule has 10 nitrogen and oxygen atoms in total. The third-order valence-corrected chi connectivity index (χ3v) is 6.22. The molecular formula is C24H26N6O4S. The molecular weight excluding hydrogens is 468 g/mol. The SMILES string of the molecule is CCOc1ccc2nc(SCC(=O)N(CC)c3c(N)n(Cc4ccccc4)c(=O)[nH]c3=O)[nH]c2c1. The first-order chi connectivity index (χ1) is 16.9. The van der Waals surface area contributed by atoms with E-state index < -0.39 is 11.2 Å². The van der Waals surface area contributed by atoms with E-state index in [-0.39, 0.29) is 36.3 Å². The molecule has 4 N–H and O–H groups in total. The molecule has 0 fully saturated rings. The summed E-state index contributed by atoms with van der Waals surface area (Å²) in [6.07, 6.45) is 0. The number of amides is 1. The number of hydrogen-bond acceptors (Lipinski definition) is 7. The van der Waals surface area contributed by atoms with Gasteiger partial charge >= 0.3 is 5.69 Å². The van der Waals surface area contributed by atoms with E-state index in [0.29, 0.717) is 11.8 Å². The summed E-state index contributed by atoms with van der Waals surface area (Å²) in [4.78, 5) is 49.5. The second kappa shape index (κ2) is 10.5. The molecule has 2 heterocycles. The predicted molar refractivity (Wildman–Crippen MR) is 137 cm³/mol. The fourth-order valence-electron chi connectivity index (χ4n) is 3.72. The molecule has 2 aromatic heterocycles. The lowest BCUT2D eigenvalue weighted by molar-refractivity contribution is -0.116. The molecule has 0 spiro atoms. The molecule has 0 radical (unpaired) electrons. The van der Waals surface area contributed by atoms with Crippen molar-refractivity contribution in [2.75, 3.05) is 29.5 Å². The smallest absolute Gasteiger partial charge is 0.330 e. The van der Waals surface area contributed by atoms with E-state index in [1.165, 1.54) is 21.2 Å². The van der Waals surface area contributed by atoms with Crippen LogP contribution in [0.1, 0.15) is 19.4 Å². The van der Waals surface area contributed by atoms with Gasteiger partial charge in [-0.1, -0.05) is 42.1 Å². The number of aromatic nitrogens is 4. The number of ether oxygens (including phenoxy) is 1. The zero-order chi connectivity index (χ0) is 24.9. The topological polar surface area (TPSA) is 139 Å². The summed E-state index contributed by atoms with van der Waals surface area (Å²) in [6, 6.07) is 14.8. The summed E-state index contributed by atoms with van der Waals surface area (Å²) in [7, 11) is 0. The molecule has 2 aromatic carbocycles. The van der Waals surface area contributed by atoms with Crippen LogP contribution in [0.25, 0.3) is 11.0 Å². The number of rotatable bonds is 9. The molecule has 1 amide bonds. The number of H-pyrrole nitrogens is 2. The first-order valence-corrected chi connectivity index (χ1v) is 12.1. The Hall–Kier alpha value is -3.99. The molecule has 35 heavy (non-hydrogen) atoms. The summed E-state index contributed by atoms with van der Waals surface area (Å²) in [5.74, 6) is 0.349. The van der Waals surface area contributed by atoms with Crippen LogP contribution in [0.15, 0.2) is 63.3 Å². The fourth-order valence-corrected chi connectivity index (χ4v) is 4.48. The van der Waals surface area contributed by atoms with Crippen LogP contribution in [-0.2, 0) is 11.3 Å². The van der Waals surface area contributed by atoms with Crippen LogP contribution in [0.5, 0.6) is 5.75 Å². The third-order valence-electron chi connectivity index (χ3n) is 5.36. The van der Waals surface area contributed by atoms with Gasteiger partial charge < -0.3 is 20.4 Å². The maximum Gasteiger partial charge on any atom is 0.330 e. The number of nitrogen functional groups attached to an aromatic ring is 1. The average molecular weight is 495 g/mol. The number of hydrogen-bond donors (Lipinski definition) is 3. The minimum absolute atomic E-state index is 0.0165. The van der Waals surface area contributed by atoms with Gasteiger partial charge in [0.25, 0.3) is 5.56 Å². The van der Waals surface area contributed by atoms with Crippen LogP contribution in [-0.4, -0.2) is 44.3 Å². The number of imidazole rings is 1. The van der Waals surface area contributed by atoms with Crippen molar-refractivity contribution in [2.45, 2.75) is 25.5 Å². The first kappa shape index (κ1) is 24.1. The molecule has 11 heteroatoms. The van der Waals surface area contributed by atoms with Crippen LogP contribution in [0, 0.1) is 0 Å². The molecule has 0 atom stereocenters. The van der Waals surface area contributed by atoms with Crippen molar-refractivity contribution in [3.8, 4) is 5.75 Å². The summed E-state index contributed by atoms with van der Waals surface area (Å²) in [5, 5.41) is 0.564. The van der Waals surface area contributed by atoms with Gasteiger partial charge in [0.2, 0.25) is 5.91 Å². The van der Waals surface area contributed by atoms with Gasteiger partial charge in [0.15, 0.2) is 10.8 Å². The van der Waals surface area contributed by atoms with E-state index in [1.807, 2.05) is 55.5 Å². The van der Waals surface area contributed by atoms with E-state index in [2.05, 4.69) is 15.0 Å². The molecule has 4 rings (SSSR count). The van der Waals surface area contributed by atoms with E-state index in [1.54, 1.807) is 6.92 Å². The number of anilines is 2. The number of nitrogens with zero attached hydrogens (tertiary/aromatic N) is 3. The van der Waals surface area contributed by atoms with Crippen LogP contribution < -0.4 is 26.6 Å². The number of aromatic amines is 2. The Bertz CT molecular complexity index is 1460. The van der Waals surface area contributed by atoms with Gasteiger partial charge in [-0.3, -0.25) is 19.1 Å². The lowest BCUT2D eigenvalue weighted by atomic mass is 10.2. The monoisotopic (exact) mass is 494 g/mol. The Labute approximate surface area is 205 Å².